The summed E-state index contributed by atoms with van der Waals surface area (Å²) >= 11 is 0. The normalized spacial score (nSPS) is 14.5. The SMILES string of the molecule is COc1ccc2c(=O)n(C3CCN(c4ncnc5cc(OC)c(OC)cc45)CC3)c(=O)n(C)c2c1. The minimum atomic E-state index is -0.321. The first-order valence-electron chi connectivity index (χ1n) is 11.4. The lowest BCUT2D eigenvalue weighted by atomic mass is 10.0. The molecule has 2 aromatic heterocycles. The van der Waals surface area contributed by atoms with Crippen LogP contribution in [0.2, 0.25) is 0 Å². The van der Waals surface area contributed by atoms with E-state index in [0.717, 1.165) is 16.7 Å². The molecule has 0 saturated carbocycles. The summed E-state index contributed by atoms with van der Waals surface area (Å²) in [6.45, 7) is 1.28. The molecule has 10 heteroatoms. The lowest BCUT2D eigenvalue weighted by Gasteiger charge is -2.34. The maximum absolute atomic E-state index is 13.3. The van der Waals surface area contributed by atoms with Crippen LogP contribution in [0.25, 0.3) is 21.8 Å². The van der Waals surface area contributed by atoms with Gasteiger partial charge >= 0.3 is 5.69 Å². The van der Waals surface area contributed by atoms with Crippen LogP contribution in [0.1, 0.15) is 18.9 Å². The smallest absolute Gasteiger partial charge is 0.331 e. The predicted molar refractivity (Wildman–Crippen MR) is 133 cm³/mol. The highest BCUT2D eigenvalue weighted by atomic mass is 16.5. The standard InChI is InChI=1S/C25H27N5O5/c1-28-20-11-16(33-2)5-6-17(20)24(31)30(25(28)32)15-7-9-29(10-8-15)23-18-12-21(34-3)22(35-4)13-19(18)26-14-27-23/h5-6,11-15H,7-10H2,1-4H3. The zero-order valence-corrected chi connectivity index (χ0v) is 20.1. The number of methoxy groups -OCH3 is 3. The number of hydrogen-bond donors (Lipinski definition) is 0. The van der Waals surface area contributed by atoms with Gasteiger partial charge in [0.15, 0.2) is 11.5 Å². The van der Waals surface area contributed by atoms with E-state index >= 15 is 0 Å². The third-order valence-electron chi connectivity index (χ3n) is 6.76. The van der Waals surface area contributed by atoms with Crippen molar-refractivity contribution in [3.63, 3.8) is 0 Å². The number of fused-ring (bicyclic) bond motifs is 2. The van der Waals surface area contributed by atoms with E-state index in [4.69, 9.17) is 14.2 Å². The molecule has 0 bridgehead atoms. The van der Waals surface area contributed by atoms with E-state index in [1.165, 1.54) is 15.5 Å². The number of rotatable bonds is 5. The first kappa shape index (κ1) is 22.7. The molecule has 5 rings (SSSR count). The van der Waals surface area contributed by atoms with Crippen molar-refractivity contribution in [1.29, 1.82) is 0 Å². The average Bonchev–Trinajstić information content (AvgIpc) is 2.90. The Kier molecular flexibility index (Phi) is 5.80. The highest BCUT2D eigenvalue weighted by Crippen LogP contribution is 2.36. The fraction of sp³-hybridized carbons (Fsp3) is 0.360. The van der Waals surface area contributed by atoms with Crippen LogP contribution < -0.4 is 30.4 Å². The van der Waals surface area contributed by atoms with Gasteiger partial charge in [-0.1, -0.05) is 0 Å². The van der Waals surface area contributed by atoms with Gasteiger partial charge in [-0.2, -0.15) is 0 Å². The third-order valence-corrected chi connectivity index (χ3v) is 6.76. The van der Waals surface area contributed by atoms with Gasteiger partial charge in [0.25, 0.3) is 5.56 Å². The molecule has 0 radical (unpaired) electrons. The van der Waals surface area contributed by atoms with Crippen LogP contribution in [0.15, 0.2) is 46.2 Å². The molecule has 1 aliphatic heterocycles. The molecule has 0 aliphatic carbocycles. The molecule has 0 unspecified atom stereocenters. The maximum Gasteiger partial charge on any atom is 0.331 e. The molecule has 35 heavy (non-hydrogen) atoms. The lowest BCUT2D eigenvalue weighted by molar-refractivity contribution is 0.355. The number of benzene rings is 2. The molecule has 4 aromatic rings. The molecule has 0 N–H and O–H groups in total. The Hall–Kier alpha value is -4.08. The fourth-order valence-electron chi connectivity index (χ4n) is 4.86. The molecule has 10 nitrogen and oxygen atoms in total. The second-order valence-corrected chi connectivity index (χ2v) is 8.54. The Morgan fingerprint density at radius 2 is 1.60 bits per heavy atom. The van der Waals surface area contributed by atoms with Crippen LogP contribution in [0, 0.1) is 0 Å². The van der Waals surface area contributed by atoms with Gasteiger partial charge in [-0.3, -0.25) is 13.9 Å². The van der Waals surface area contributed by atoms with Crippen LogP contribution in [0.3, 0.4) is 0 Å². The summed E-state index contributed by atoms with van der Waals surface area (Å²) < 4.78 is 19.0. The Bertz CT molecular complexity index is 1540. The van der Waals surface area contributed by atoms with Crippen molar-refractivity contribution in [2.24, 2.45) is 7.05 Å². The molecule has 0 atom stereocenters. The topological polar surface area (TPSA) is 101 Å². The molecular weight excluding hydrogens is 450 g/mol. The van der Waals surface area contributed by atoms with Crippen LogP contribution >= 0.6 is 0 Å². The van der Waals surface area contributed by atoms with Gasteiger partial charge in [0.05, 0.1) is 37.7 Å². The molecule has 2 aromatic carbocycles. The van der Waals surface area contributed by atoms with Crippen molar-refractivity contribution in [2.45, 2.75) is 18.9 Å². The molecule has 1 fully saturated rings. The van der Waals surface area contributed by atoms with E-state index in [1.807, 2.05) is 12.1 Å². The van der Waals surface area contributed by atoms with Gasteiger partial charge in [0.1, 0.15) is 17.9 Å². The second kappa shape index (κ2) is 8.94. The van der Waals surface area contributed by atoms with Gasteiger partial charge in [-0.15, -0.1) is 0 Å². The molecule has 0 amide bonds. The quantitative estimate of drug-likeness (QED) is 0.432. The molecule has 1 aliphatic rings. The number of aromatic nitrogens is 4. The van der Waals surface area contributed by atoms with Gasteiger partial charge in [0.2, 0.25) is 0 Å². The zero-order valence-electron chi connectivity index (χ0n) is 20.1. The number of nitrogens with zero attached hydrogens (tertiary/aromatic N) is 5. The monoisotopic (exact) mass is 477 g/mol. The number of ether oxygens (including phenoxy) is 3. The first-order chi connectivity index (χ1) is 17.0. The molecule has 0 spiro atoms. The Morgan fingerprint density at radius 1 is 0.886 bits per heavy atom. The van der Waals surface area contributed by atoms with Crippen molar-refractivity contribution < 1.29 is 14.2 Å². The summed E-state index contributed by atoms with van der Waals surface area (Å²) in [4.78, 5) is 37.6. The van der Waals surface area contributed by atoms with Crippen LogP contribution in [0.4, 0.5) is 5.82 Å². The first-order valence-corrected chi connectivity index (χ1v) is 11.4. The lowest BCUT2D eigenvalue weighted by Crippen LogP contribution is -2.45. The van der Waals surface area contributed by atoms with Crippen LogP contribution in [-0.4, -0.2) is 53.5 Å². The summed E-state index contributed by atoms with van der Waals surface area (Å²) in [5, 5.41) is 1.36. The largest absolute Gasteiger partial charge is 0.497 e. The Balaban J connectivity index is 1.47. The van der Waals surface area contributed by atoms with Crippen molar-refractivity contribution >= 4 is 27.6 Å². The van der Waals surface area contributed by atoms with Crippen molar-refractivity contribution in [1.82, 2.24) is 19.1 Å². The minimum absolute atomic E-state index is 0.202. The van der Waals surface area contributed by atoms with E-state index in [2.05, 4.69) is 14.9 Å². The second-order valence-electron chi connectivity index (χ2n) is 8.54. The molecule has 3 heterocycles. The number of aryl methyl sites for hydroxylation is 1. The average molecular weight is 478 g/mol. The van der Waals surface area contributed by atoms with Gasteiger partial charge in [0, 0.05) is 43.7 Å². The van der Waals surface area contributed by atoms with Gasteiger partial charge in [-0.05, 0) is 31.0 Å². The zero-order chi connectivity index (χ0) is 24.7. The summed E-state index contributed by atoms with van der Waals surface area (Å²) in [6.07, 6.45) is 2.80. The highest BCUT2D eigenvalue weighted by molar-refractivity contribution is 5.92. The summed E-state index contributed by atoms with van der Waals surface area (Å²) in [5.41, 5.74) is 0.724. The molecule has 182 valence electrons. The van der Waals surface area contributed by atoms with E-state index in [1.54, 1.807) is 46.6 Å². The van der Waals surface area contributed by atoms with Crippen molar-refractivity contribution in [2.75, 3.05) is 39.3 Å². The predicted octanol–water partition coefficient (Wildman–Crippen LogP) is 2.51. The maximum atomic E-state index is 13.3. The minimum Gasteiger partial charge on any atom is -0.497 e. The summed E-state index contributed by atoms with van der Waals surface area (Å²) in [5.74, 6) is 2.60. The number of anilines is 1. The van der Waals surface area contributed by atoms with Crippen molar-refractivity contribution in [3.8, 4) is 17.2 Å². The number of piperidine rings is 1. The third kappa shape index (κ3) is 3.74. The number of hydrogen-bond acceptors (Lipinski definition) is 8. The Labute approximate surface area is 201 Å². The fourth-order valence-corrected chi connectivity index (χ4v) is 4.86. The van der Waals surface area contributed by atoms with E-state index in [9.17, 15) is 9.59 Å². The van der Waals surface area contributed by atoms with Gasteiger partial charge < -0.3 is 19.1 Å². The van der Waals surface area contributed by atoms with Gasteiger partial charge in [-0.25, -0.2) is 14.8 Å². The Morgan fingerprint density at radius 3 is 2.29 bits per heavy atom. The molecular formula is C25H27N5O5. The van der Waals surface area contributed by atoms with E-state index in [-0.39, 0.29) is 17.3 Å². The summed E-state index contributed by atoms with van der Waals surface area (Å²) in [7, 11) is 6.42. The van der Waals surface area contributed by atoms with Crippen LogP contribution in [0.5, 0.6) is 17.2 Å². The van der Waals surface area contributed by atoms with E-state index < -0.39 is 0 Å². The highest BCUT2D eigenvalue weighted by Gasteiger charge is 2.26. The van der Waals surface area contributed by atoms with Crippen molar-refractivity contribution in [3.05, 3.63) is 57.5 Å². The van der Waals surface area contributed by atoms with Crippen LogP contribution in [-0.2, 0) is 7.05 Å². The summed E-state index contributed by atoms with van der Waals surface area (Å²) in [6, 6.07) is 8.69. The molecule has 1 saturated heterocycles. The van der Waals surface area contributed by atoms with E-state index in [0.29, 0.717) is 54.1 Å².